The van der Waals surface area contributed by atoms with E-state index in [1.165, 1.54) is 3.97 Å². The highest BCUT2D eigenvalue weighted by Gasteiger charge is 2.20. The maximum absolute atomic E-state index is 12.7. The molecule has 0 saturated carbocycles. The van der Waals surface area contributed by atoms with E-state index in [2.05, 4.69) is 4.98 Å². The van der Waals surface area contributed by atoms with E-state index in [0.29, 0.717) is 5.65 Å². The first-order valence-corrected chi connectivity index (χ1v) is 7.69. The Morgan fingerprint density at radius 3 is 2.45 bits per heavy atom. The molecule has 2 heterocycles. The molecule has 0 aliphatic rings. The van der Waals surface area contributed by atoms with Crippen molar-refractivity contribution in [1.82, 2.24) is 8.96 Å². The van der Waals surface area contributed by atoms with Gasteiger partial charge in [0.15, 0.2) is 5.65 Å². The molecule has 3 aromatic rings. The van der Waals surface area contributed by atoms with E-state index in [9.17, 15) is 8.42 Å². The number of hydrogen-bond acceptors (Lipinski definition) is 3. The van der Waals surface area contributed by atoms with Crippen molar-refractivity contribution in [3.8, 4) is 0 Å². The van der Waals surface area contributed by atoms with Crippen molar-refractivity contribution in [2.24, 2.45) is 0 Å². The van der Waals surface area contributed by atoms with E-state index < -0.39 is 10.0 Å². The highest BCUT2D eigenvalue weighted by atomic mass is 32.2. The standard InChI is InChI=1S/C15H14N2O2S/c1-11-5-7-13(8-6-11)20(18,19)17-10-12(2)14-4-3-9-16-15(14)17/h3-10H,1-2H3. The zero-order chi connectivity index (χ0) is 14.3. The molecular weight excluding hydrogens is 272 g/mol. The van der Waals surface area contributed by atoms with Crippen LogP contribution in [0.1, 0.15) is 11.1 Å². The third kappa shape index (κ3) is 1.91. The van der Waals surface area contributed by atoms with Gasteiger partial charge in [-0.2, -0.15) is 0 Å². The van der Waals surface area contributed by atoms with Gasteiger partial charge >= 0.3 is 0 Å². The van der Waals surface area contributed by atoms with Crippen LogP contribution in [0.3, 0.4) is 0 Å². The van der Waals surface area contributed by atoms with Gasteiger partial charge < -0.3 is 0 Å². The van der Waals surface area contributed by atoms with Gasteiger partial charge in [0.1, 0.15) is 0 Å². The lowest BCUT2D eigenvalue weighted by Gasteiger charge is -2.07. The molecule has 102 valence electrons. The molecule has 0 N–H and O–H groups in total. The second-order valence-electron chi connectivity index (χ2n) is 4.80. The average molecular weight is 286 g/mol. The van der Waals surface area contributed by atoms with Crippen molar-refractivity contribution >= 4 is 21.1 Å². The van der Waals surface area contributed by atoms with Crippen LogP contribution in [0.5, 0.6) is 0 Å². The fourth-order valence-electron chi connectivity index (χ4n) is 2.19. The Morgan fingerprint density at radius 2 is 1.75 bits per heavy atom. The first-order valence-electron chi connectivity index (χ1n) is 6.25. The van der Waals surface area contributed by atoms with Crippen molar-refractivity contribution in [1.29, 1.82) is 0 Å². The lowest BCUT2D eigenvalue weighted by molar-refractivity contribution is 0.588. The summed E-state index contributed by atoms with van der Waals surface area (Å²) >= 11 is 0. The number of nitrogens with zero attached hydrogens (tertiary/aromatic N) is 2. The number of hydrogen-bond donors (Lipinski definition) is 0. The lowest BCUT2D eigenvalue weighted by Crippen LogP contribution is -2.12. The number of aromatic nitrogens is 2. The molecule has 0 aliphatic carbocycles. The van der Waals surface area contributed by atoms with Gasteiger partial charge in [0.2, 0.25) is 0 Å². The summed E-state index contributed by atoms with van der Waals surface area (Å²) in [5.74, 6) is 0. The van der Waals surface area contributed by atoms with Crippen LogP contribution in [-0.4, -0.2) is 17.4 Å². The molecule has 1 aromatic carbocycles. The summed E-state index contributed by atoms with van der Waals surface area (Å²) in [6.45, 7) is 3.80. The van der Waals surface area contributed by atoms with Crippen LogP contribution >= 0.6 is 0 Å². The Balaban J connectivity index is 2.27. The summed E-state index contributed by atoms with van der Waals surface area (Å²) < 4.78 is 26.6. The third-order valence-electron chi connectivity index (χ3n) is 3.31. The van der Waals surface area contributed by atoms with Crippen LogP contribution in [-0.2, 0) is 10.0 Å². The molecule has 0 saturated heterocycles. The number of pyridine rings is 1. The van der Waals surface area contributed by atoms with Gasteiger partial charge in [-0.3, -0.25) is 0 Å². The Kier molecular flexibility index (Phi) is 2.87. The van der Waals surface area contributed by atoms with Crippen LogP contribution in [0.2, 0.25) is 0 Å². The van der Waals surface area contributed by atoms with Crippen molar-refractivity contribution < 1.29 is 8.42 Å². The van der Waals surface area contributed by atoms with Gasteiger partial charge in [-0.15, -0.1) is 0 Å². The topological polar surface area (TPSA) is 52.0 Å². The maximum atomic E-state index is 12.7. The van der Waals surface area contributed by atoms with Crippen LogP contribution in [0.15, 0.2) is 53.7 Å². The molecule has 0 radical (unpaired) electrons. The molecule has 0 aliphatic heterocycles. The van der Waals surface area contributed by atoms with Crippen molar-refractivity contribution in [2.75, 3.05) is 0 Å². The second kappa shape index (κ2) is 4.45. The molecule has 2 aromatic heterocycles. The maximum Gasteiger partial charge on any atom is 0.269 e. The summed E-state index contributed by atoms with van der Waals surface area (Å²) in [5.41, 5.74) is 2.38. The number of fused-ring (bicyclic) bond motifs is 1. The van der Waals surface area contributed by atoms with Crippen LogP contribution in [0.25, 0.3) is 11.0 Å². The molecule has 4 nitrogen and oxygen atoms in total. The molecule has 0 spiro atoms. The van der Waals surface area contributed by atoms with E-state index in [1.54, 1.807) is 42.7 Å². The molecule has 20 heavy (non-hydrogen) atoms. The normalized spacial score (nSPS) is 11.9. The minimum atomic E-state index is -3.61. The van der Waals surface area contributed by atoms with Gasteiger partial charge in [0.05, 0.1) is 4.90 Å². The Bertz CT molecular complexity index is 878. The summed E-state index contributed by atoms with van der Waals surface area (Å²) in [6, 6.07) is 10.5. The fraction of sp³-hybridized carbons (Fsp3) is 0.133. The fourth-order valence-corrected chi connectivity index (χ4v) is 3.57. The zero-order valence-electron chi connectivity index (χ0n) is 11.2. The Morgan fingerprint density at radius 1 is 1.05 bits per heavy atom. The van der Waals surface area contributed by atoms with Gasteiger partial charge in [-0.25, -0.2) is 17.4 Å². The lowest BCUT2D eigenvalue weighted by atomic mass is 10.2. The predicted molar refractivity (Wildman–Crippen MR) is 78.2 cm³/mol. The van der Waals surface area contributed by atoms with Gasteiger partial charge in [0, 0.05) is 17.8 Å². The Labute approximate surface area is 117 Å². The van der Waals surface area contributed by atoms with Gasteiger partial charge in [0.25, 0.3) is 10.0 Å². The molecular formula is C15H14N2O2S. The van der Waals surface area contributed by atoms with Gasteiger partial charge in [-0.05, 0) is 43.7 Å². The number of aryl methyl sites for hydroxylation is 2. The average Bonchev–Trinajstić information content (AvgIpc) is 2.78. The van der Waals surface area contributed by atoms with Crippen molar-refractivity contribution in [3.05, 3.63) is 59.9 Å². The summed E-state index contributed by atoms with van der Waals surface area (Å²) in [6.07, 6.45) is 3.22. The van der Waals surface area contributed by atoms with Crippen molar-refractivity contribution in [2.45, 2.75) is 18.7 Å². The minimum Gasteiger partial charge on any atom is -0.237 e. The van der Waals surface area contributed by atoms with E-state index in [4.69, 9.17) is 0 Å². The number of benzene rings is 1. The highest BCUT2D eigenvalue weighted by Crippen LogP contribution is 2.23. The highest BCUT2D eigenvalue weighted by molar-refractivity contribution is 7.90. The monoisotopic (exact) mass is 286 g/mol. The van der Waals surface area contributed by atoms with E-state index >= 15 is 0 Å². The SMILES string of the molecule is Cc1ccc(S(=O)(=O)n2cc(C)c3cccnc32)cc1. The van der Waals surface area contributed by atoms with Crippen molar-refractivity contribution in [3.63, 3.8) is 0 Å². The molecule has 0 bridgehead atoms. The smallest absolute Gasteiger partial charge is 0.237 e. The molecule has 0 atom stereocenters. The zero-order valence-corrected chi connectivity index (χ0v) is 12.1. The largest absolute Gasteiger partial charge is 0.269 e. The molecule has 5 heteroatoms. The van der Waals surface area contributed by atoms with E-state index in [-0.39, 0.29) is 4.90 Å². The summed E-state index contributed by atoms with van der Waals surface area (Å²) in [5, 5.41) is 0.850. The predicted octanol–water partition coefficient (Wildman–Crippen LogP) is 2.89. The first kappa shape index (κ1) is 12.9. The first-order chi connectivity index (χ1) is 9.50. The second-order valence-corrected chi connectivity index (χ2v) is 6.62. The van der Waals surface area contributed by atoms with Crippen LogP contribution < -0.4 is 0 Å². The summed E-state index contributed by atoms with van der Waals surface area (Å²) in [7, 11) is -3.61. The van der Waals surface area contributed by atoms with Crippen LogP contribution in [0, 0.1) is 13.8 Å². The molecule has 0 amide bonds. The molecule has 0 fully saturated rings. The minimum absolute atomic E-state index is 0.269. The van der Waals surface area contributed by atoms with Crippen LogP contribution in [0.4, 0.5) is 0 Å². The van der Waals surface area contributed by atoms with Gasteiger partial charge in [-0.1, -0.05) is 17.7 Å². The summed E-state index contributed by atoms with van der Waals surface area (Å²) in [4.78, 5) is 4.46. The third-order valence-corrected chi connectivity index (χ3v) is 4.97. The quantitative estimate of drug-likeness (QED) is 0.728. The number of rotatable bonds is 2. The Hall–Kier alpha value is -2.14. The van der Waals surface area contributed by atoms with E-state index in [1.807, 2.05) is 19.9 Å². The van der Waals surface area contributed by atoms with E-state index in [0.717, 1.165) is 16.5 Å². The molecule has 0 unspecified atom stereocenters. The molecule has 3 rings (SSSR count).